The third kappa shape index (κ3) is 2.77. The molecule has 2 fully saturated rings. The summed E-state index contributed by atoms with van der Waals surface area (Å²) in [5.41, 5.74) is 5.02. The van der Waals surface area contributed by atoms with Crippen LogP contribution in [0, 0.1) is 11.3 Å². The first-order valence-corrected chi connectivity index (χ1v) is 9.86. The molecule has 1 saturated carbocycles. The molecule has 1 N–H and O–H groups in total. The number of carbonyl (C=O) groups excluding carboxylic acids is 1. The number of carboxylic acids is 1. The highest BCUT2D eigenvalue weighted by molar-refractivity contribution is 5.79. The summed E-state index contributed by atoms with van der Waals surface area (Å²) in [6, 6.07) is 16.6. The van der Waals surface area contributed by atoms with E-state index in [0.717, 1.165) is 12.8 Å². The van der Waals surface area contributed by atoms with Crippen molar-refractivity contribution in [2.75, 3.05) is 19.7 Å². The predicted octanol–water partition coefficient (Wildman–Crippen LogP) is 4.12. The van der Waals surface area contributed by atoms with Gasteiger partial charge in [-0.2, -0.15) is 0 Å². The Hall–Kier alpha value is -2.82. The molecule has 2 aliphatic carbocycles. The number of hydrogen-bond donors (Lipinski definition) is 1. The molecule has 0 radical (unpaired) electrons. The Morgan fingerprint density at radius 3 is 2.14 bits per heavy atom. The summed E-state index contributed by atoms with van der Waals surface area (Å²) in [7, 11) is 0. The predicted molar refractivity (Wildman–Crippen MR) is 104 cm³/mol. The van der Waals surface area contributed by atoms with Crippen molar-refractivity contribution in [1.82, 2.24) is 4.90 Å². The van der Waals surface area contributed by atoms with Gasteiger partial charge in [0.1, 0.15) is 6.61 Å². The zero-order valence-electron chi connectivity index (χ0n) is 15.6. The second-order valence-electron chi connectivity index (χ2n) is 8.53. The van der Waals surface area contributed by atoms with Crippen molar-refractivity contribution in [3.63, 3.8) is 0 Å². The Balaban J connectivity index is 1.19. The van der Waals surface area contributed by atoms with Crippen LogP contribution in [0.1, 0.15) is 36.3 Å². The van der Waals surface area contributed by atoms with Crippen LogP contribution in [-0.4, -0.2) is 41.8 Å². The van der Waals surface area contributed by atoms with E-state index in [9.17, 15) is 9.59 Å². The van der Waals surface area contributed by atoms with Crippen LogP contribution in [0.25, 0.3) is 11.1 Å². The van der Waals surface area contributed by atoms with Gasteiger partial charge in [0, 0.05) is 30.8 Å². The molecule has 0 unspecified atom stereocenters. The number of aliphatic carboxylic acids is 1. The summed E-state index contributed by atoms with van der Waals surface area (Å²) >= 11 is 0. The molecule has 2 aromatic carbocycles. The number of hydrogen-bond acceptors (Lipinski definition) is 3. The summed E-state index contributed by atoms with van der Waals surface area (Å²) in [6.07, 6.45) is 1.81. The Kier molecular flexibility index (Phi) is 3.93. The Morgan fingerprint density at radius 2 is 1.57 bits per heavy atom. The van der Waals surface area contributed by atoms with Crippen LogP contribution in [0.15, 0.2) is 48.5 Å². The lowest BCUT2D eigenvalue weighted by Gasteiger charge is -2.58. The van der Waals surface area contributed by atoms with E-state index >= 15 is 0 Å². The van der Waals surface area contributed by atoms with Gasteiger partial charge in [0.25, 0.3) is 0 Å². The standard InChI is InChI=1S/C23H23NO4/c25-21(26)9-15-10-23(11-15)13-24(14-23)22(27)28-12-20-18-7-3-1-5-16(18)17-6-2-4-8-19(17)20/h1-8,15,20H,9-14H2,(H,25,26). The van der Waals surface area contributed by atoms with Gasteiger partial charge < -0.3 is 14.7 Å². The average Bonchev–Trinajstić information content (AvgIpc) is 2.94. The van der Waals surface area contributed by atoms with E-state index in [4.69, 9.17) is 9.84 Å². The molecule has 1 heterocycles. The summed E-state index contributed by atoms with van der Waals surface area (Å²) in [5, 5.41) is 8.88. The second-order valence-corrected chi connectivity index (χ2v) is 8.53. The first-order chi connectivity index (χ1) is 13.5. The minimum atomic E-state index is -0.729. The highest BCUT2D eigenvalue weighted by Gasteiger charge is 2.54. The number of amides is 1. The normalized spacial score (nSPS) is 19.5. The maximum Gasteiger partial charge on any atom is 0.409 e. The largest absolute Gasteiger partial charge is 0.481 e. The Bertz CT molecular complexity index is 894. The molecule has 144 valence electrons. The molecule has 1 spiro atoms. The van der Waals surface area contributed by atoms with Gasteiger partial charge in [0.15, 0.2) is 0 Å². The van der Waals surface area contributed by atoms with E-state index in [1.54, 1.807) is 4.90 Å². The fourth-order valence-corrected chi connectivity index (χ4v) is 5.39. The number of fused-ring (bicyclic) bond motifs is 3. The number of nitrogens with zero attached hydrogens (tertiary/aromatic N) is 1. The van der Waals surface area contributed by atoms with E-state index in [-0.39, 0.29) is 29.8 Å². The average molecular weight is 377 g/mol. The fourth-order valence-electron chi connectivity index (χ4n) is 5.39. The molecular formula is C23H23NO4. The quantitative estimate of drug-likeness (QED) is 0.870. The molecule has 1 saturated heterocycles. The van der Waals surface area contributed by atoms with Crippen LogP contribution < -0.4 is 0 Å². The van der Waals surface area contributed by atoms with E-state index < -0.39 is 5.97 Å². The van der Waals surface area contributed by atoms with Gasteiger partial charge in [-0.15, -0.1) is 0 Å². The molecule has 0 bridgehead atoms. The lowest BCUT2D eigenvalue weighted by molar-refractivity contribution is -0.143. The zero-order valence-corrected chi connectivity index (χ0v) is 15.6. The number of benzene rings is 2. The van der Waals surface area contributed by atoms with Crippen LogP contribution in [0.2, 0.25) is 0 Å². The van der Waals surface area contributed by atoms with Crippen molar-refractivity contribution in [2.24, 2.45) is 11.3 Å². The van der Waals surface area contributed by atoms with Crippen molar-refractivity contribution in [3.8, 4) is 11.1 Å². The third-order valence-electron chi connectivity index (χ3n) is 6.55. The number of carboxylic acid groups (broad SMARTS) is 1. The SMILES string of the molecule is O=C(O)CC1CC2(C1)CN(C(=O)OCC1c3ccccc3-c3ccccc31)C2. The van der Waals surface area contributed by atoms with Crippen LogP contribution in [0.5, 0.6) is 0 Å². The number of likely N-dealkylation sites (tertiary alicyclic amines) is 1. The van der Waals surface area contributed by atoms with Gasteiger partial charge in [-0.1, -0.05) is 48.5 Å². The van der Waals surface area contributed by atoms with Gasteiger partial charge >= 0.3 is 12.1 Å². The van der Waals surface area contributed by atoms with Crippen molar-refractivity contribution >= 4 is 12.1 Å². The van der Waals surface area contributed by atoms with Gasteiger partial charge in [-0.3, -0.25) is 4.79 Å². The van der Waals surface area contributed by atoms with Crippen molar-refractivity contribution < 1.29 is 19.4 Å². The monoisotopic (exact) mass is 377 g/mol. The highest BCUT2D eigenvalue weighted by Crippen LogP contribution is 2.53. The summed E-state index contributed by atoms with van der Waals surface area (Å²) < 4.78 is 5.69. The molecule has 0 aromatic heterocycles. The Morgan fingerprint density at radius 1 is 1.00 bits per heavy atom. The molecule has 0 atom stereocenters. The van der Waals surface area contributed by atoms with Crippen LogP contribution >= 0.6 is 0 Å². The number of ether oxygens (including phenoxy) is 1. The molecule has 5 nitrogen and oxygen atoms in total. The first-order valence-electron chi connectivity index (χ1n) is 9.86. The summed E-state index contributed by atoms with van der Waals surface area (Å²) in [4.78, 5) is 25.1. The molecule has 3 aliphatic rings. The fraction of sp³-hybridized carbons (Fsp3) is 0.391. The van der Waals surface area contributed by atoms with Crippen molar-refractivity contribution in [3.05, 3.63) is 59.7 Å². The minimum Gasteiger partial charge on any atom is -0.481 e. The van der Waals surface area contributed by atoms with Crippen molar-refractivity contribution in [1.29, 1.82) is 0 Å². The molecule has 28 heavy (non-hydrogen) atoms. The van der Waals surface area contributed by atoms with E-state index in [1.165, 1.54) is 22.3 Å². The second kappa shape index (κ2) is 6.36. The lowest BCUT2D eigenvalue weighted by Crippen LogP contribution is -2.63. The van der Waals surface area contributed by atoms with Gasteiger partial charge in [0.2, 0.25) is 0 Å². The van der Waals surface area contributed by atoms with E-state index in [2.05, 4.69) is 24.3 Å². The minimum absolute atomic E-state index is 0.0789. The summed E-state index contributed by atoms with van der Waals surface area (Å²) in [5.74, 6) is -0.384. The molecule has 5 rings (SSSR count). The van der Waals surface area contributed by atoms with E-state index in [1.807, 2.05) is 24.3 Å². The lowest BCUT2D eigenvalue weighted by atomic mass is 9.57. The molecule has 1 amide bonds. The van der Waals surface area contributed by atoms with Gasteiger partial charge in [0.05, 0.1) is 0 Å². The maximum absolute atomic E-state index is 12.5. The van der Waals surface area contributed by atoms with Gasteiger partial charge in [-0.05, 0) is 41.0 Å². The number of carbonyl (C=O) groups is 2. The van der Waals surface area contributed by atoms with Crippen molar-refractivity contribution in [2.45, 2.75) is 25.2 Å². The Labute approximate surface area is 163 Å². The first kappa shape index (κ1) is 17.3. The van der Waals surface area contributed by atoms with Crippen LogP contribution in [-0.2, 0) is 9.53 Å². The van der Waals surface area contributed by atoms with Crippen LogP contribution in [0.4, 0.5) is 4.79 Å². The number of rotatable bonds is 4. The van der Waals surface area contributed by atoms with Crippen LogP contribution in [0.3, 0.4) is 0 Å². The molecule has 5 heteroatoms. The smallest absolute Gasteiger partial charge is 0.409 e. The topological polar surface area (TPSA) is 66.8 Å². The molecular weight excluding hydrogens is 354 g/mol. The van der Waals surface area contributed by atoms with Gasteiger partial charge in [-0.25, -0.2) is 4.79 Å². The maximum atomic E-state index is 12.5. The third-order valence-corrected chi connectivity index (χ3v) is 6.55. The molecule has 1 aliphatic heterocycles. The highest BCUT2D eigenvalue weighted by atomic mass is 16.6. The molecule has 2 aromatic rings. The summed E-state index contributed by atoms with van der Waals surface area (Å²) in [6.45, 7) is 1.73. The van der Waals surface area contributed by atoms with E-state index in [0.29, 0.717) is 19.7 Å². The zero-order chi connectivity index (χ0) is 19.3.